The highest BCUT2D eigenvalue weighted by Gasteiger charge is 2.34. The molecule has 11 heteroatoms. The van der Waals surface area contributed by atoms with Crippen LogP contribution in [0.15, 0.2) is 59.5 Å². The van der Waals surface area contributed by atoms with Gasteiger partial charge in [0.25, 0.3) is 15.9 Å². The number of amides is 1. The van der Waals surface area contributed by atoms with Crippen molar-refractivity contribution in [1.82, 2.24) is 0 Å². The molecule has 1 N–H and O–H groups in total. The number of benzene rings is 2. The predicted octanol–water partition coefficient (Wildman–Crippen LogP) is 5.38. The molecule has 1 aromatic heterocycles. The second-order valence-corrected chi connectivity index (χ2v) is 11.7. The number of hydrogen-bond donors (Lipinski definition) is 1. The number of para-hydroxylation sites is 1. The van der Waals surface area contributed by atoms with Gasteiger partial charge in [-0.2, -0.15) is 0 Å². The van der Waals surface area contributed by atoms with Crippen LogP contribution in [-0.4, -0.2) is 32.4 Å². The number of carbonyl (C=O) groups excluding carboxylic acids is 2. The lowest BCUT2D eigenvalue weighted by atomic mass is 10.1. The van der Waals surface area contributed by atoms with Crippen molar-refractivity contribution in [2.75, 3.05) is 9.62 Å². The Kier molecular flexibility index (Phi) is 6.91. The number of nitrogens with zero attached hydrogens (tertiary/aromatic N) is 1. The third kappa shape index (κ3) is 4.93. The largest absolute Gasteiger partial charge is 0.449 e. The Morgan fingerprint density at radius 2 is 1.82 bits per heavy atom. The minimum absolute atomic E-state index is 0.0371. The number of nitrogens with one attached hydrogen (secondary N) is 1. The van der Waals surface area contributed by atoms with Gasteiger partial charge in [0.05, 0.1) is 9.90 Å². The number of halogens is 2. The fourth-order valence-electron chi connectivity index (χ4n) is 3.77. The van der Waals surface area contributed by atoms with Gasteiger partial charge in [-0.25, -0.2) is 13.2 Å². The first-order valence-electron chi connectivity index (χ1n) is 10.3. The molecular weight excluding hydrogens is 519 g/mol. The zero-order chi connectivity index (χ0) is 24.6. The molecule has 2 atom stereocenters. The summed E-state index contributed by atoms with van der Waals surface area (Å²) in [5, 5.41) is 0. The monoisotopic (exact) mass is 538 g/mol. The maximum absolute atomic E-state index is 13.0. The van der Waals surface area contributed by atoms with E-state index in [2.05, 4.69) is 4.72 Å². The lowest BCUT2D eigenvalue weighted by Crippen LogP contribution is -2.43. The molecule has 0 aliphatic carbocycles. The fourth-order valence-corrected chi connectivity index (χ4v) is 6.98. The van der Waals surface area contributed by atoms with E-state index in [0.29, 0.717) is 0 Å². The molecule has 0 spiro atoms. The summed E-state index contributed by atoms with van der Waals surface area (Å²) in [5.74, 6) is -0.996. The molecule has 1 aliphatic heterocycles. The Labute approximate surface area is 211 Å². The summed E-state index contributed by atoms with van der Waals surface area (Å²) in [4.78, 5) is 27.1. The second kappa shape index (κ2) is 9.58. The number of rotatable bonds is 6. The van der Waals surface area contributed by atoms with Crippen LogP contribution in [0.4, 0.5) is 11.4 Å². The van der Waals surface area contributed by atoms with Crippen LogP contribution in [0.2, 0.25) is 8.67 Å². The van der Waals surface area contributed by atoms with E-state index in [9.17, 15) is 18.0 Å². The van der Waals surface area contributed by atoms with Gasteiger partial charge in [0, 0.05) is 17.4 Å². The van der Waals surface area contributed by atoms with Gasteiger partial charge in [-0.15, -0.1) is 11.3 Å². The Bertz CT molecular complexity index is 1360. The lowest BCUT2D eigenvalue weighted by Gasteiger charge is -2.26. The van der Waals surface area contributed by atoms with Gasteiger partial charge in [-0.1, -0.05) is 41.4 Å². The van der Waals surface area contributed by atoms with Crippen molar-refractivity contribution in [3.05, 3.63) is 74.4 Å². The molecule has 2 heterocycles. The van der Waals surface area contributed by atoms with E-state index in [1.165, 1.54) is 37.3 Å². The van der Waals surface area contributed by atoms with E-state index in [1.807, 2.05) is 31.2 Å². The van der Waals surface area contributed by atoms with Crippen LogP contribution in [0.5, 0.6) is 0 Å². The maximum atomic E-state index is 13.0. The van der Waals surface area contributed by atoms with Crippen molar-refractivity contribution >= 4 is 67.8 Å². The highest BCUT2D eigenvalue weighted by Crippen LogP contribution is 2.35. The maximum Gasteiger partial charge on any atom is 0.338 e. The zero-order valence-corrected chi connectivity index (χ0v) is 21.3. The number of thiophene rings is 1. The molecule has 0 saturated heterocycles. The summed E-state index contributed by atoms with van der Waals surface area (Å²) < 4.78 is 33.2. The fraction of sp³-hybridized carbons (Fsp3) is 0.217. The van der Waals surface area contributed by atoms with Crippen LogP contribution in [0.3, 0.4) is 0 Å². The molecule has 1 aliphatic rings. The SMILES string of the molecule is C[C@H](OC(=O)c1ccc(NS(=O)(=O)c2cc(Cl)sc2Cl)cc1)C(=O)N1c2ccccc2C[C@@H]1C. The third-order valence-electron chi connectivity index (χ3n) is 5.36. The number of hydrogen-bond acceptors (Lipinski definition) is 6. The summed E-state index contributed by atoms with van der Waals surface area (Å²) >= 11 is 12.7. The number of ether oxygens (including phenoxy) is 1. The molecule has 0 unspecified atom stereocenters. The highest BCUT2D eigenvalue weighted by atomic mass is 35.5. The Morgan fingerprint density at radius 1 is 1.15 bits per heavy atom. The Balaban J connectivity index is 1.42. The Hall–Kier alpha value is -2.59. The van der Waals surface area contributed by atoms with E-state index in [1.54, 1.807) is 4.90 Å². The van der Waals surface area contributed by atoms with Crippen molar-refractivity contribution in [2.45, 2.75) is 37.3 Å². The first-order chi connectivity index (χ1) is 16.1. The molecule has 0 bridgehead atoms. The lowest BCUT2D eigenvalue weighted by molar-refractivity contribution is -0.126. The van der Waals surface area contributed by atoms with Crippen LogP contribution >= 0.6 is 34.5 Å². The summed E-state index contributed by atoms with van der Waals surface area (Å²) in [7, 11) is -3.95. The second-order valence-electron chi connectivity index (χ2n) is 7.81. The van der Waals surface area contributed by atoms with Crippen LogP contribution in [0, 0.1) is 0 Å². The third-order valence-corrected chi connectivity index (χ3v) is 8.50. The van der Waals surface area contributed by atoms with Crippen molar-refractivity contribution < 1.29 is 22.7 Å². The standard InChI is InChI=1S/C23H20Cl2N2O5S2/c1-13-11-16-5-3-4-6-18(16)27(13)22(28)14(2)32-23(29)15-7-9-17(10-8-15)26-34(30,31)19-12-20(24)33-21(19)25/h3-10,12-14,26H,11H2,1-2H3/t13-,14-/m0/s1. The van der Waals surface area contributed by atoms with Gasteiger partial charge >= 0.3 is 5.97 Å². The van der Waals surface area contributed by atoms with Crippen molar-refractivity contribution in [2.24, 2.45) is 0 Å². The number of anilines is 2. The van der Waals surface area contributed by atoms with Crippen LogP contribution in [-0.2, 0) is 26.0 Å². The number of fused-ring (bicyclic) bond motifs is 1. The van der Waals surface area contributed by atoms with Gasteiger partial charge < -0.3 is 9.64 Å². The number of esters is 1. The minimum Gasteiger partial charge on any atom is -0.449 e. The molecule has 0 fully saturated rings. The molecule has 7 nitrogen and oxygen atoms in total. The van der Waals surface area contributed by atoms with Crippen molar-refractivity contribution in [3.8, 4) is 0 Å². The molecule has 0 saturated carbocycles. The van der Waals surface area contributed by atoms with Gasteiger partial charge in [0.2, 0.25) is 0 Å². The summed E-state index contributed by atoms with van der Waals surface area (Å²) in [6, 6.07) is 14.5. The molecule has 2 aromatic carbocycles. The van der Waals surface area contributed by atoms with Crippen molar-refractivity contribution in [1.29, 1.82) is 0 Å². The predicted molar refractivity (Wildman–Crippen MR) is 134 cm³/mol. The quantitative estimate of drug-likeness (QED) is 0.425. The van der Waals surface area contributed by atoms with Crippen LogP contribution in [0.1, 0.15) is 29.8 Å². The van der Waals surface area contributed by atoms with Crippen molar-refractivity contribution in [3.63, 3.8) is 0 Å². The Morgan fingerprint density at radius 3 is 2.47 bits per heavy atom. The normalized spacial score (nSPS) is 16.1. The van der Waals surface area contributed by atoms with E-state index in [0.717, 1.165) is 29.0 Å². The van der Waals surface area contributed by atoms with E-state index in [4.69, 9.17) is 27.9 Å². The van der Waals surface area contributed by atoms with Gasteiger partial charge in [0.15, 0.2) is 6.10 Å². The first kappa shape index (κ1) is 24.5. The number of sulfonamides is 1. The summed E-state index contributed by atoms with van der Waals surface area (Å²) in [5.41, 5.74) is 2.30. The van der Waals surface area contributed by atoms with Gasteiger partial charge in [-0.3, -0.25) is 9.52 Å². The van der Waals surface area contributed by atoms with E-state index in [-0.39, 0.29) is 36.8 Å². The van der Waals surface area contributed by atoms with Gasteiger partial charge in [0.1, 0.15) is 9.23 Å². The molecule has 0 radical (unpaired) electrons. The summed E-state index contributed by atoms with van der Waals surface area (Å²) in [6.45, 7) is 3.48. The first-order valence-corrected chi connectivity index (χ1v) is 13.3. The molecule has 3 aromatic rings. The van der Waals surface area contributed by atoms with Gasteiger partial charge in [-0.05, 0) is 62.2 Å². The summed E-state index contributed by atoms with van der Waals surface area (Å²) in [6.07, 6.45) is -0.257. The molecule has 34 heavy (non-hydrogen) atoms. The molecule has 1 amide bonds. The van der Waals surface area contributed by atoms with Crippen LogP contribution < -0.4 is 9.62 Å². The molecule has 178 valence electrons. The molecule has 4 rings (SSSR count). The average Bonchev–Trinajstić information content (AvgIpc) is 3.31. The van der Waals surface area contributed by atoms with Crippen LogP contribution in [0.25, 0.3) is 0 Å². The minimum atomic E-state index is -3.95. The molecular formula is C23H20Cl2N2O5S2. The average molecular weight is 539 g/mol. The highest BCUT2D eigenvalue weighted by molar-refractivity contribution is 7.93. The van der Waals surface area contributed by atoms with E-state index < -0.39 is 22.1 Å². The smallest absolute Gasteiger partial charge is 0.338 e. The topological polar surface area (TPSA) is 92.8 Å². The zero-order valence-electron chi connectivity index (χ0n) is 18.1. The van der Waals surface area contributed by atoms with E-state index >= 15 is 0 Å². The number of carbonyl (C=O) groups is 2.